The Hall–Kier alpha value is -1.91. The van der Waals surface area contributed by atoms with Gasteiger partial charge in [0.2, 0.25) is 0 Å². The summed E-state index contributed by atoms with van der Waals surface area (Å²) in [5.74, 6) is 2.37. The molecule has 1 rings (SSSR count). The molecule has 1 aromatic carbocycles. The number of rotatable bonds is 14. The van der Waals surface area contributed by atoms with E-state index in [2.05, 4.69) is 23.5 Å². The van der Waals surface area contributed by atoms with Crippen molar-refractivity contribution in [3.63, 3.8) is 0 Å². The van der Waals surface area contributed by atoms with Crippen molar-refractivity contribution >= 4 is 5.91 Å². The Morgan fingerprint density at radius 1 is 0.960 bits per heavy atom. The number of amides is 1. The van der Waals surface area contributed by atoms with Crippen molar-refractivity contribution in [3.05, 3.63) is 35.4 Å². The number of terminal acetylenes is 1. The maximum Gasteiger partial charge on any atom is 0.251 e. The van der Waals surface area contributed by atoms with E-state index in [4.69, 9.17) is 20.6 Å². The minimum Gasteiger partial charge on any atom is -0.378 e. The maximum absolute atomic E-state index is 11.9. The zero-order valence-electron chi connectivity index (χ0n) is 14.9. The summed E-state index contributed by atoms with van der Waals surface area (Å²) < 4.78 is 16.2. The molecule has 6 heteroatoms. The second-order valence-corrected chi connectivity index (χ2v) is 5.17. The molecule has 0 saturated heterocycles. The second kappa shape index (κ2) is 14.4. The quantitative estimate of drug-likeness (QED) is 0.389. The molecular formula is C19H28N2O4. The number of carbonyl (C=O) groups is 1. The van der Waals surface area contributed by atoms with Crippen molar-refractivity contribution in [1.82, 2.24) is 10.6 Å². The van der Waals surface area contributed by atoms with Gasteiger partial charge in [0.25, 0.3) is 5.91 Å². The second-order valence-electron chi connectivity index (χ2n) is 5.17. The van der Waals surface area contributed by atoms with Crippen LogP contribution >= 0.6 is 0 Å². The van der Waals surface area contributed by atoms with E-state index in [1.807, 2.05) is 0 Å². The summed E-state index contributed by atoms with van der Waals surface area (Å²) in [4.78, 5) is 11.9. The van der Waals surface area contributed by atoms with Gasteiger partial charge in [0.15, 0.2) is 0 Å². The highest BCUT2D eigenvalue weighted by Gasteiger charge is 2.03. The van der Waals surface area contributed by atoms with Gasteiger partial charge in [0, 0.05) is 24.2 Å². The average Bonchev–Trinajstić information content (AvgIpc) is 2.65. The standard InChI is InChI=1S/C19H28N2O4/c1-3-17-5-7-18(8-6-17)19(22)21-10-12-24-14-16-25-15-13-23-11-9-20-4-2/h1,5-8,20H,4,9-16H2,2H3,(H,21,22). The van der Waals surface area contributed by atoms with Gasteiger partial charge in [-0.25, -0.2) is 0 Å². The molecule has 1 aromatic rings. The Morgan fingerprint density at radius 2 is 1.52 bits per heavy atom. The first-order valence-electron chi connectivity index (χ1n) is 8.56. The lowest BCUT2D eigenvalue weighted by Crippen LogP contribution is -2.27. The number of benzene rings is 1. The topological polar surface area (TPSA) is 68.8 Å². The zero-order valence-corrected chi connectivity index (χ0v) is 14.9. The molecule has 0 spiro atoms. The Labute approximate surface area is 150 Å². The van der Waals surface area contributed by atoms with Gasteiger partial charge in [-0.1, -0.05) is 12.8 Å². The summed E-state index contributed by atoms with van der Waals surface area (Å²) in [6.45, 7) is 7.60. The van der Waals surface area contributed by atoms with Crippen LogP contribution in [0, 0.1) is 12.3 Å². The van der Waals surface area contributed by atoms with Crippen LogP contribution < -0.4 is 10.6 Å². The first-order valence-corrected chi connectivity index (χ1v) is 8.56. The lowest BCUT2D eigenvalue weighted by Gasteiger charge is -2.08. The van der Waals surface area contributed by atoms with Crippen molar-refractivity contribution in [3.8, 4) is 12.3 Å². The van der Waals surface area contributed by atoms with Gasteiger partial charge in [0.05, 0.1) is 39.6 Å². The molecule has 2 N–H and O–H groups in total. The molecule has 0 aliphatic carbocycles. The molecule has 25 heavy (non-hydrogen) atoms. The van der Waals surface area contributed by atoms with Crippen molar-refractivity contribution < 1.29 is 19.0 Å². The fourth-order valence-electron chi connectivity index (χ4n) is 1.92. The molecule has 0 heterocycles. The average molecular weight is 348 g/mol. The Balaban J connectivity index is 1.91. The minimum atomic E-state index is -0.141. The number of ether oxygens (including phenoxy) is 3. The van der Waals surface area contributed by atoms with E-state index in [-0.39, 0.29) is 5.91 Å². The summed E-state index contributed by atoms with van der Waals surface area (Å²) in [6.07, 6.45) is 5.28. The highest BCUT2D eigenvalue weighted by Crippen LogP contribution is 2.02. The monoisotopic (exact) mass is 348 g/mol. The Kier molecular flexibility index (Phi) is 12.2. The predicted molar refractivity (Wildman–Crippen MR) is 97.7 cm³/mol. The Morgan fingerprint density at radius 3 is 2.08 bits per heavy atom. The third-order valence-corrected chi connectivity index (χ3v) is 3.26. The fourth-order valence-corrected chi connectivity index (χ4v) is 1.92. The van der Waals surface area contributed by atoms with Crippen LogP contribution in [-0.4, -0.2) is 65.2 Å². The van der Waals surface area contributed by atoms with E-state index in [1.165, 1.54) is 0 Å². The van der Waals surface area contributed by atoms with Gasteiger partial charge in [-0.15, -0.1) is 6.42 Å². The van der Waals surface area contributed by atoms with Gasteiger partial charge in [-0.05, 0) is 30.8 Å². The largest absolute Gasteiger partial charge is 0.378 e. The van der Waals surface area contributed by atoms with Crippen molar-refractivity contribution in [2.75, 3.05) is 59.3 Å². The third kappa shape index (κ3) is 10.5. The van der Waals surface area contributed by atoms with E-state index < -0.39 is 0 Å². The van der Waals surface area contributed by atoms with E-state index in [0.29, 0.717) is 51.7 Å². The van der Waals surface area contributed by atoms with Crippen molar-refractivity contribution in [1.29, 1.82) is 0 Å². The van der Waals surface area contributed by atoms with Crippen LogP contribution in [0.4, 0.5) is 0 Å². The van der Waals surface area contributed by atoms with Crippen LogP contribution in [0.1, 0.15) is 22.8 Å². The first-order chi connectivity index (χ1) is 12.3. The van der Waals surface area contributed by atoms with Crippen LogP contribution in [0.3, 0.4) is 0 Å². The molecule has 0 radical (unpaired) electrons. The lowest BCUT2D eigenvalue weighted by molar-refractivity contribution is 0.0158. The van der Waals surface area contributed by atoms with E-state index in [9.17, 15) is 4.79 Å². The van der Waals surface area contributed by atoms with Crippen LogP contribution in [0.2, 0.25) is 0 Å². The summed E-state index contributed by atoms with van der Waals surface area (Å²) >= 11 is 0. The SMILES string of the molecule is C#Cc1ccc(C(=O)NCCOCCOCCOCCNCC)cc1. The summed E-state index contributed by atoms with van der Waals surface area (Å²) in [7, 11) is 0. The third-order valence-electron chi connectivity index (χ3n) is 3.26. The molecule has 0 bridgehead atoms. The smallest absolute Gasteiger partial charge is 0.251 e. The van der Waals surface area contributed by atoms with Crippen LogP contribution in [-0.2, 0) is 14.2 Å². The summed E-state index contributed by atoms with van der Waals surface area (Å²) in [6, 6.07) is 6.90. The van der Waals surface area contributed by atoms with Gasteiger partial charge < -0.3 is 24.8 Å². The van der Waals surface area contributed by atoms with Gasteiger partial charge >= 0.3 is 0 Å². The van der Waals surface area contributed by atoms with Gasteiger partial charge in [0.1, 0.15) is 0 Å². The zero-order chi connectivity index (χ0) is 18.2. The minimum absolute atomic E-state index is 0.141. The van der Waals surface area contributed by atoms with Crippen LogP contribution in [0.5, 0.6) is 0 Å². The number of likely N-dealkylation sites (N-methyl/N-ethyl adjacent to an activating group) is 1. The predicted octanol–water partition coefficient (Wildman–Crippen LogP) is 1.06. The highest BCUT2D eigenvalue weighted by molar-refractivity contribution is 5.94. The van der Waals surface area contributed by atoms with E-state index in [1.54, 1.807) is 24.3 Å². The van der Waals surface area contributed by atoms with Crippen LogP contribution in [0.25, 0.3) is 0 Å². The highest BCUT2D eigenvalue weighted by atomic mass is 16.5. The van der Waals surface area contributed by atoms with Crippen molar-refractivity contribution in [2.45, 2.75) is 6.92 Å². The van der Waals surface area contributed by atoms with Crippen molar-refractivity contribution in [2.24, 2.45) is 0 Å². The molecule has 0 aliphatic rings. The molecule has 0 fully saturated rings. The molecule has 0 aromatic heterocycles. The van der Waals surface area contributed by atoms with E-state index in [0.717, 1.165) is 18.7 Å². The van der Waals surface area contributed by atoms with Gasteiger partial charge in [-0.2, -0.15) is 0 Å². The molecule has 1 amide bonds. The molecule has 0 unspecified atom stereocenters. The summed E-state index contributed by atoms with van der Waals surface area (Å²) in [5.41, 5.74) is 1.33. The number of hydrogen-bond donors (Lipinski definition) is 2. The molecule has 6 nitrogen and oxygen atoms in total. The van der Waals surface area contributed by atoms with Gasteiger partial charge in [-0.3, -0.25) is 4.79 Å². The molecule has 0 aliphatic heterocycles. The van der Waals surface area contributed by atoms with Crippen LogP contribution in [0.15, 0.2) is 24.3 Å². The molecule has 0 atom stereocenters. The number of carbonyl (C=O) groups excluding carboxylic acids is 1. The number of hydrogen-bond acceptors (Lipinski definition) is 5. The fraction of sp³-hybridized carbons (Fsp3) is 0.526. The maximum atomic E-state index is 11.9. The first kappa shape index (κ1) is 21.1. The molecule has 138 valence electrons. The Bertz CT molecular complexity index is 511. The molecule has 0 saturated carbocycles. The van der Waals surface area contributed by atoms with E-state index >= 15 is 0 Å². The molecular weight excluding hydrogens is 320 g/mol. The number of nitrogens with one attached hydrogen (secondary N) is 2. The lowest BCUT2D eigenvalue weighted by atomic mass is 10.1. The summed E-state index contributed by atoms with van der Waals surface area (Å²) in [5, 5.41) is 5.97. The normalized spacial score (nSPS) is 10.4.